The number of aryl methyl sites for hydroxylation is 1. The molecule has 0 spiro atoms. The van der Waals surface area contributed by atoms with Gasteiger partial charge < -0.3 is 4.98 Å². The quantitative estimate of drug-likeness (QED) is 0.468. The minimum absolute atomic E-state index is 0.212. The van der Waals surface area contributed by atoms with Gasteiger partial charge >= 0.3 is 0 Å². The van der Waals surface area contributed by atoms with Crippen molar-refractivity contribution >= 4 is 38.7 Å². The summed E-state index contributed by atoms with van der Waals surface area (Å²) in [4.78, 5) is 28.9. The molecule has 0 saturated carbocycles. The van der Waals surface area contributed by atoms with E-state index < -0.39 is 0 Å². The van der Waals surface area contributed by atoms with Gasteiger partial charge in [0.1, 0.15) is 5.15 Å². The molecular formula is C19H12BrClN4O. The molecule has 0 amide bonds. The maximum Gasteiger partial charge on any atom is 0.210 e. The Labute approximate surface area is 162 Å². The molecule has 0 atom stereocenters. The number of nitrogens with zero attached hydrogens (tertiary/aromatic N) is 3. The fourth-order valence-electron chi connectivity index (χ4n) is 2.79. The van der Waals surface area contributed by atoms with Crippen molar-refractivity contribution in [2.75, 3.05) is 0 Å². The van der Waals surface area contributed by atoms with Crippen molar-refractivity contribution in [1.29, 1.82) is 0 Å². The average Bonchev–Trinajstić information content (AvgIpc) is 2.60. The Morgan fingerprint density at radius 3 is 2.42 bits per heavy atom. The van der Waals surface area contributed by atoms with Gasteiger partial charge in [0.25, 0.3) is 0 Å². The molecule has 3 heterocycles. The van der Waals surface area contributed by atoms with Crippen molar-refractivity contribution in [2.45, 2.75) is 6.92 Å². The zero-order valence-corrected chi connectivity index (χ0v) is 16.0. The molecule has 0 radical (unpaired) electrons. The van der Waals surface area contributed by atoms with Gasteiger partial charge in [-0.3, -0.25) is 4.79 Å². The molecule has 4 aromatic rings. The normalized spacial score (nSPS) is 11.0. The Balaban J connectivity index is 2.11. The molecule has 0 unspecified atom stereocenters. The summed E-state index contributed by atoms with van der Waals surface area (Å²) in [5.41, 5.74) is 4.14. The van der Waals surface area contributed by atoms with E-state index in [1.165, 1.54) is 6.07 Å². The predicted molar refractivity (Wildman–Crippen MR) is 106 cm³/mol. The Bertz CT molecular complexity index is 1170. The lowest BCUT2D eigenvalue weighted by Gasteiger charge is -2.11. The fourth-order valence-corrected chi connectivity index (χ4v) is 3.44. The van der Waals surface area contributed by atoms with Crippen LogP contribution in [-0.2, 0) is 0 Å². The molecule has 128 valence electrons. The summed E-state index contributed by atoms with van der Waals surface area (Å²) in [6.07, 6.45) is 0. The van der Waals surface area contributed by atoms with Crippen molar-refractivity contribution in [3.63, 3.8) is 0 Å². The molecule has 1 aromatic carbocycles. The third kappa shape index (κ3) is 3.13. The Hall–Kier alpha value is -2.57. The van der Waals surface area contributed by atoms with Crippen molar-refractivity contribution in [3.8, 4) is 22.5 Å². The summed E-state index contributed by atoms with van der Waals surface area (Å²) >= 11 is 9.43. The zero-order valence-electron chi connectivity index (χ0n) is 13.6. The van der Waals surface area contributed by atoms with E-state index in [0.29, 0.717) is 26.8 Å². The predicted octanol–water partition coefficient (Wildman–Crippen LogP) is 4.77. The number of hydrogen-bond donors (Lipinski definition) is 1. The average molecular weight is 428 g/mol. The van der Waals surface area contributed by atoms with Crippen LogP contribution in [0.3, 0.4) is 0 Å². The van der Waals surface area contributed by atoms with Gasteiger partial charge in [-0.1, -0.05) is 41.9 Å². The molecule has 0 aliphatic rings. The highest BCUT2D eigenvalue weighted by Crippen LogP contribution is 2.31. The van der Waals surface area contributed by atoms with Gasteiger partial charge in [0.05, 0.1) is 16.0 Å². The van der Waals surface area contributed by atoms with Crippen LogP contribution in [0, 0.1) is 6.92 Å². The summed E-state index contributed by atoms with van der Waals surface area (Å²) in [5.74, 6) is 0. The number of pyridine rings is 2. The van der Waals surface area contributed by atoms with Crippen LogP contribution in [0.2, 0.25) is 5.15 Å². The molecule has 7 heteroatoms. The van der Waals surface area contributed by atoms with Crippen LogP contribution in [0.25, 0.3) is 33.7 Å². The molecule has 0 bridgehead atoms. The molecule has 26 heavy (non-hydrogen) atoms. The SMILES string of the molecule is Cc1cc(-c2nc3c(=O)cc(Br)[nH]c3nc2-c2ccccc2)cc(Cl)n1. The Morgan fingerprint density at radius 2 is 1.69 bits per heavy atom. The molecular weight excluding hydrogens is 416 g/mol. The standard InChI is InChI=1S/C19H12BrClN4O/c1-10-7-12(8-15(21)22-10)17-16(11-5-3-2-4-6-11)25-19-18(24-17)13(26)9-14(20)23-19/h2-9H,1H3,(H,23,25,26). The number of H-pyrrole nitrogens is 1. The topological polar surface area (TPSA) is 71.5 Å². The first-order chi connectivity index (χ1) is 12.5. The van der Waals surface area contributed by atoms with Crippen LogP contribution >= 0.6 is 27.5 Å². The summed E-state index contributed by atoms with van der Waals surface area (Å²) < 4.78 is 0.555. The summed E-state index contributed by atoms with van der Waals surface area (Å²) in [6.45, 7) is 1.86. The number of aromatic amines is 1. The lowest BCUT2D eigenvalue weighted by Crippen LogP contribution is -2.08. The minimum Gasteiger partial charge on any atom is -0.332 e. The smallest absolute Gasteiger partial charge is 0.210 e. The molecule has 0 fully saturated rings. The summed E-state index contributed by atoms with van der Waals surface area (Å²) in [5, 5.41) is 0.366. The first kappa shape index (κ1) is 16.9. The van der Waals surface area contributed by atoms with E-state index in [1.807, 2.05) is 43.3 Å². The van der Waals surface area contributed by atoms with Gasteiger partial charge in [-0.25, -0.2) is 15.0 Å². The molecule has 0 aliphatic carbocycles. The van der Waals surface area contributed by atoms with Crippen molar-refractivity contribution < 1.29 is 0 Å². The summed E-state index contributed by atoms with van der Waals surface area (Å²) in [6, 6.07) is 14.7. The van der Waals surface area contributed by atoms with Crippen LogP contribution in [0.1, 0.15) is 5.69 Å². The molecule has 3 aromatic heterocycles. The molecule has 1 N–H and O–H groups in total. The number of rotatable bonds is 2. The first-order valence-electron chi connectivity index (χ1n) is 7.82. The van der Waals surface area contributed by atoms with Gasteiger partial charge in [-0.2, -0.15) is 0 Å². The van der Waals surface area contributed by atoms with E-state index in [2.05, 4.69) is 30.9 Å². The van der Waals surface area contributed by atoms with Crippen LogP contribution in [0.4, 0.5) is 0 Å². The number of nitrogens with one attached hydrogen (secondary N) is 1. The molecule has 0 saturated heterocycles. The van der Waals surface area contributed by atoms with E-state index in [1.54, 1.807) is 6.07 Å². The third-order valence-corrected chi connectivity index (χ3v) is 4.49. The molecule has 0 aliphatic heterocycles. The highest BCUT2D eigenvalue weighted by molar-refractivity contribution is 9.10. The van der Waals surface area contributed by atoms with E-state index in [0.717, 1.165) is 16.8 Å². The Morgan fingerprint density at radius 1 is 0.962 bits per heavy atom. The van der Waals surface area contributed by atoms with Crippen LogP contribution in [-0.4, -0.2) is 19.9 Å². The lowest BCUT2D eigenvalue weighted by atomic mass is 10.0. The monoisotopic (exact) mass is 426 g/mol. The van der Waals surface area contributed by atoms with Crippen molar-refractivity contribution in [3.05, 3.63) is 74.2 Å². The van der Waals surface area contributed by atoms with Gasteiger partial charge in [0, 0.05) is 22.9 Å². The number of aromatic nitrogens is 4. The highest BCUT2D eigenvalue weighted by Gasteiger charge is 2.16. The number of halogens is 2. The van der Waals surface area contributed by atoms with Crippen LogP contribution in [0.15, 0.2) is 57.9 Å². The first-order valence-corrected chi connectivity index (χ1v) is 8.99. The van der Waals surface area contributed by atoms with E-state index in [9.17, 15) is 4.79 Å². The van der Waals surface area contributed by atoms with Gasteiger partial charge in [-0.05, 0) is 35.0 Å². The minimum atomic E-state index is -0.212. The van der Waals surface area contributed by atoms with Gasteiger partial charge in [0.2, 0.25) is 5.43 Å². The maximum atomic E-state index is 12.4. The number of hydrogen-bond acceptors (Lipinski definition) is 4. The lowest BCUT2D eigenvalue weighted by molar-refractivity contribution is 1.17. The van der Waals surface area contributed by atoms with Crippen LogP contribution in [0.5, 0.6) is 0 Å². The second kappa shape index (κ2) is 6.63. The highest BCUT2D eigenvalue weighted by atomic mass is 79.9. The van der Waals surface area contributed by atoms with E-state index >= 15 is 0 Å². The molecule has 5 nitrogen and oxygen atoms in total. The van der Waals surface area contributed by atoms with E-state index in [-0.39, 0.29) is 10.9 Å². The van der Waals surface area contributed by atoms with Crippen LogP contribution < -0.4 is 5.43 Å². The van der Waals surface area contributed by atoms with Gasteiger partial charge in [0.15, 0.2) is 11.2 Å². The third-order valence-electron chi connectivity index (χ3n) is 3.87. The summed E-state index contributed by atoms with van der Waals surface area (Å²) in [7, 11) is 0. The zero-order chi connectivity index (χ0) is 18.3. The molecule has 4 rings (SSSR count). The Kier molecular flexibility index (Phi) is 4.30. The van der Waals surface area contributed by atoms with Gasteiger partial charge in [-0.15, -0.1) is 0 Å². The van der Waals surface area contributed by atoms with Crippen molar-refractivity contribution in [1.82, 2.24) is 19.9 Å². The second-order valence-electron chi connectivity index (χ2n) is 5.79. The largest absolute Gasteiger partial charge is 0.332 e. The number of fused-ring (bicyclic) bond motifs is 1. The van der Waals surface area contributed by atoms with E-state index in [4.69, 9.17) is 16.6 Å². The second-order valence-corrected chi connectivity index (χ2v) is 7.03. The maximum absolute atomic E-state index is 12.4. The van der Waals surface area contributed by atoms with Crippen molar-refractivity contribution in [2.24, 2.45) is 0 Å². The number of benzene rings is 1. The fraction of sp³-hybridized carbons (Fsp3) is 0.0526.